The molecule has 1 aromatic rings. The minimum Gasteiger partial charge on any atom is -0.340 e. The summed E-state index contributed by atoms with van der Waals surface area (Å²) in [6, 6.07) is 0. The molecule has 1 aromatic heterocycles. The normalized spacial score (nSPS) is 9.44. The van der Waals surface area contributed by atoms with Crippen LogP contribution in [0.25, 0.3) is 0 Å². The molecule has 0 aromatic carbocycles. The van der Waals surface area contributed by atoms with E-state index in [1.165, 1.54) is 0 Å². The van der Waals surface area contributed by atoms with E-state index in [9.17, 15) is 4.79 Å². The molecule has 0 unspecified atom stereocenters. The fraction of sp³-hybridized carbons (Fsp3) is 0.333. The Balaban J connectivity index is 2.72. The second kappa shape index (κ2) is 2.44. The molecule has 0 saturated heterocycles. The highest BCUT2D eigenvalue weighted by Crippen LogP contribution is 1.91. The topological polar surface area (TPSA) is 34.9 Å². The second-order valence-corrected chi connectivity index (χ2v) is 1.85. The second-order valence-electron chi connectivity index (χ2n) is 1.85. The van der Waals surface area contributed by atoms with Gasteiger partial charge in [-0.25, -0.2) is 4.98 Å². The third-order valence-corrected chi connectivity index (χ3v) is 1.01. The van der Waals surface area contributed by atoms with Crippen LogP contribution in [0.15, 0.2) is 12.5 Å². The van der Waals surface area contributed by atoms with Crippen LogP contribution in [0.1, 0.15) is 5.69 Å². The van der Waals surface area contributed by atoms with Gasteiger partial charge >= 0.3 is 0 Å². The first-order chi connectivity index (χ1) is 4.33. The van der Waals surface area contributed by atoms with Gasteiger partial charge in [0.25, 0.3) is 0 Å². The number of rotatable bonds is 2. The number of hydrogen-bond acceptors (Lipinski definition) is 2. The molecule has 3 heteroatoms. The van der Waals surface area contributed by atoms with Crippen LogP contribution in [0.5, 0.6) is 0 Å². The Morgan fingerprint density at radius 2 is 2.67 bits per heavy atom. The molecular weight excluding hydrogens is 116 g/mol. The Morgan fingerprint density at radius 3 is 3.11 bits per heavy atom. The number of hydrogen-bond donors (Lipinski definition) is 0. The van der Waals surface area contributed by atoms with Crippen LogP contribution >= 0.6 is 0 Å². The van der Waals surface area contributed by atoms with Gasteiger partial charge in [-0.3, -0.25) is 4.79 Å². The van der Waals surface area contributed by atoms with Crippen LogP contribution in [0.3, 0.4) is 0 Å². The van der Waals surface area contributed by atoms with E-state index in [1.54, 1.807) is 23.4 Å². The van der Waals surface area contributed by atoms with Gasteiger partial charge in [-0.15, -0.1) is 0 Å². The number of aromatic nitrogens is 2. The molecule has 9 heavy (non-hydrogen) atoms. The van der Waals surface area contributed by atoms with E-state index in [-0.39, 0.29) is 0 Å². The van der Waals surface area contributed by atoms with Gasteiger partial charge < -0.3 is 4.57 Å². The van der Waals surface area contributed by atoms with Gasteiger partial charge in [-0.1, -0.05) is 0 Å². The third kappa shape index (κ3) is 1.38. The molecule has 1 heterocycles. The maximum absolute atomic E-state index is 9.81. The summed E-state index contributed by atoms with van der Waals surface area (Å²) in [5.41, 5.74) is 0.771. The monoisotopic (exact) mass is 123 g/mol. The summed E-state index contributed by atoms with van der Waals surface area (Å²) in [4.78, 5) is 13.7. The molecule has 0 aliphatic rings. The lowest BCUT2D eigenvalue weighted by Crippen LogP contribution is -1.84. The third-order valence-electron chi connectivity index (χ3n) is 1.01. The molecule has 0 amide bonds. The highest BCUT2D eigenvalue weighted by atomic mass is 16.1. The molecular formula is C6H7N2O. The molecule has 1 rings (SSSR count). The molecule has 0 spiro atoms. The van der Waals surface area contributed by atoms with Gasteiger partial charge in [0.1, 0.15) is 0 Å². The average Bonchev–Trinajstić information content (AvgIpc) is 2.17. The molecule has 3 nitrogen and oxygen atoms in total. The van der Waals surface area contributed by atoms with Gasteiger partial charge in [-0.2, -0.15) is 0 Å². The van der Waals surface area contributed by atoms with E-state index >= 15 is 0 Å². The van der Waals surface area contributed by atoms with Crippen LogP contribution in [0, 0.1) is 0 Å². The van der Waals surface area contributed by atoms with Crippen molar-refractivity contribution >= 4 is 6.29 Å². The van der Waals surface area contributed by atoms with Crippen molar-refractivity contribution < 1.29 is 4.79 Å². The molecule has 1 radical (unpaired) electrons. The molecule has 47 valence electrons. The first-order valence-electron chi connectivity index (χ1n) is 2.65. The van der Waals surface area contributed by atoms with Crippen LogP contribution in [-0.2, 0) is 18.3 Å². The Labute approximate surface area is 53.3 Å². The van der Waals surface area contributed by atoms with Crippen molar-refractivity contribution in [2.24, 2.45) is 7.05 Å². The van der Waals surface area contributed by atoms with E-state index in [2.05, 4.69) is 4.98 Å². The smallest absolute Gasteiger partial charge is 0.204 e. The van der Waals surface area contributed by atoms with Crippen LogP contribution in [0.2, 0.25) is 0 Å². The van der Waals surface area contributed by atoms with E-state index in [0.717, 1.165) is 5.69 Å². The molecule has 0 fully saturated rings. The predicted molar refractivity (Wildman–Crippen MR) is 32.6 cm³/mol. The Kier molecular flexibility index (Phi) is 1.63. The summed E-state index contributed by atoms with van der Waals surface area (Å²) in [5, 5.41) is 0. The molecule has 0 bridgehead atoms. The van der Waals surface area contributed by atoms with Crippen molar-refractivity contribution in [1.82, 2.24) is 9.55 Å². The highest BCUT2D eigenvalue weighted by Gasteiger charge is 1.92. The van der Waals surface area contributed by atoms with E-state index in [0.29, 0.717) is 6.42 Å². The fourth-order valence-corrected chi connectivity index (χ4v) is 0.632. The quantitative estimate of drug-likeness (QED) is 0.558. The van der Waals surface area contributed by atoms with E-state index in [1.807, 2.05) is 7.05 Å². The summed E-state index contributed by atoms with van der Waals surface area (Å²) in [5.74, 6) is 0. The Hall–Kier alpha value is -1.12. The molecule has 0 atom stereocenters. The summed E-state index contributed by atoms with van der Waals surface area (Å²) in [7, 11) is 1.86. The lowest BCUT2D eigenvalue weighted by atomic mass is 10.4. The zero-order valence-corrected chi connectivity index (χ0v) is 5.16. The highest BCUT2D eigenvalue weighted by molar-refractivity contribution is 5.54. The fourth-order valence-electron chi connectivity index (χ4n) is 0.632. The lowest BCUT2D eigenvalue weighted by molar-refractivity contribution is 0.554. The Morgan fingerprint density at radius 1 is 1.89 bits per heavy atom. The van der Waals surface area contributed by atoms with Crippen molar-refractivity contribution in [3.05, 3.63) is 18.2 Å². The minimum atomic E-state index is 0.292. The van der Waals surface area contributed by atoms with Crippen LogP contribution < -0.4 is 0 Å². The van der Waals surface area contributed by atoms with Gasteiger partial charge in [0.15, 0.2) is 0 Å². The van der Waals surface area contributed by atoms with Gasteiger partial charge in [-0.05, 0) is 0 Å². The minimum absolute atomic E-state index is 0.292. The van der Waals surface area contributed by atoms with Gasteiger partial charge in [0, 0.05) is 13.2 Å². The van der Waals surface area contributed by atoms with Crippen molar-refractivity contribution in [3.63, 3.8) is 0 Å². The predicted octanol–water partition coefficient (Wildman–Crippen LogP) is 0.0723. The first-order valence-corrected chi connectivity index (χ1v) is 2.65. The Bertz CT molecular complexity index is 205. The van der Waals surface area contributed by atoms with Crippen molar-refractivity contribution in [3.8, 4) is 0 Å². The number of carbonyl (C=O) groups excluding carboxylic acids is 1. The molecule has 0 aliphatic heterocycles. The zero-order valence-electron chi connectivity index (χ0n) is 5.16. The number of aryl methyl sites for hydroxylation is 1. The van der Waals surface area contributed by atoms with Crippen molar-refractivity contribution in [2.45, 2.75) is 6.42 Å². The van der Waals surface area contributed by atoms with E-state index in [4.69, 9.17) is 0 Å². The summed E-state index contributed by atoms with van der Waals surface area (Å²) in [6.45, 7) is 0. The van der Waals surface area contributed by atoms with Crippen molar-refractivity contribution in [1.29, 1.82) is 0 Å². The molecule has 0 saturated carbocycles. The van der Waals surface area contributed by atoms with Gasteiger partial charge in [0.2, 0.25) is 6.29 Å². The lowest BCUT2D eigenvalue weighted by Gasteiger charge is -1.80. The molecule has 0 N–H and O–H groups in total. The van der Waals surface area contributed by atoms with E-state index < -0.39 is 0 Å². The summed E-state index contributed by atoms with van der Waals surface area (Å²) < 4.78 is 1.80. The van der Waals surface area contributed by atoms with Crippen molar-refractivity contribution in [2.75, 3.05) is 0 Å². The first kappa shape index (κ1) is 6.01. The average molecular weight is 123 g/mol. The summed E-state index contributed by atoms with van der Waals surface area (Å²) in [6.07, 6.45) is 5.52. The van der Waals surface area contributed by atoms with Crippen LogP contribution in [-0.4, -0.2) is 15.8 Å². The molecule has 0 aliphatic carbocycles. The number of imidazole rings is 1. The number of nitrogens with zero attached hydrogens (tertiary/aromatic N) is 2. The zero-order chi connectivity index (χ0) is 6.69. The standard InChI is InChI=1S/C6H7N2O/c1-8-4-6(2-3-9)7-5-8/h4-5H,2H2,1H3. The maximum atomic E-state index is 9.81. The SMILES string of the molecule is Cn1cnc(C[C]=O)c1. The van der Waals surface area contributed by atoms with Gasteiger partial charge in [0.05, 0.1) is 18.4 Å². The maximum Gasteiger partial charge on any atom is 0.204 e. The van der Waals surface area contributed by atoms with Crippen LogP contribution in [0.4, 0.5) is 0 Å². The largest absolute Gasteiger partial charge is 0.340 e. The summed E-state index contributed by atoms with van der Waals surface area (Å²) >= 11 is 0.